The molecule has 3 N–H and O–H groups in total. The topological polar surface area (TPSA) is 131 Å². The largest absolute Gasteiger partial charge is 0.376 e. The number of carbonyl (C=O) groups is 2. The molecular formula is C20H27N5O4S2. The minimum absolute atomic E-state index is 0.00545. The fourth-order valence-corrected chi connectivity index (χ4v) is 5.65. The average Bonchev–Trinajstić information content (AvgIpc) is 3.22. The summed E-state index contributed by atoms with van der Waals surface area (Å²) in [6.07, 6.45) is 3.72. The van der Waals surface area contributed by atoms with Crippen molar-refractivity contribution >= 4 is 39.4 Å². The smallest absolute Gasteiger partial charge is 0.328 e. The molecule has 1 aromatic rings. The lowest BCUT2D eigenvalue weighted by atomic mass is 9.87. The van der Waals surface area contributed by atoms with Gasteiger partial charge in [0.15, 0.2) is 0 Å². The summed E-state index contributed by atoms with van der Waals surface area (Å²) >= 11 is 1.53. The number of urea groups is 1. The molecule has 0 bridgehead atoms. The number of sulfonamides is 1. The fraction of sp³-hybridized carbons (Fsp3) is 0.550. The van der Waals surface area contributed by atoms with Crippen molar-refractivity contribution < 1.29 is 18.0 Å². The number of anilines is 1. The number of hydrogen-bond acceptors (Lipinski definition) is 7. The molecule has 1 heterocycles. The summed E-state index contributed by atoms with van der Waals surface area (Å²) in [5, 5.41) is 14.7. The van der Waals surface area contributed by atoms with Gasteiger partial charge in [0.25, 0.3) is 10.0 Å². The van der Waals surface area contributed by atoms with Crippen molar-refractivity contribution in [1.82, 2.24) is 14.9 Å². The molecule has 168 valence electrons. The van der Waals surface area contributed by atoms with Crippen molar-refractivity contribution in [2.45, 2.75) is 49.6 Å². The van der Waals surface area contributed by atoms with Crippen molar-refractivity contribution in [3.05, 3.63) is 24.3 Å². The van der Waals surface area contributed by atoms with Crippen molar-refractivity contribution in [1.29, 1.82) is 5.26 Å². The van der Waals surface area contributed by atoms with Crippen LogP contribution < -0.4 is 15.4 Å². The zero-order chi connectivity index (χ0) is 22.4. The number of nitrogens with one attached hydrogen (secondary N) is 3. The van der Waals surface area contributed by atoms with E-state index in [4.69, 9.17) is 5.26 Å². The van der Waals surface area contributed by atoms with Crippen LogP contribution in [0.4, 0.5) is 10.5 Å². The Labute approximate surface area is 187 Å². The maximum absolute atomic E-state index is 12.5. The molecule has 2 fully saturated rings. The van der Waals surface area contributed by atoms with Gasteiger partial charge in [0.05, 0.1) is 23.4 Å². The highest BCUT2D eigenvalue weighted by Crippen LogP contribution is 2.23. The Morgan fingerprint density at radius 1 is 1.19 bits per heavy atom. The van der Waals surface area contributed by atoms with Gasteiger partial charge < -0.3 is 15.5 Å². The molecule has 0 unspecified atom stereocenters. The number of rotatable bonds is 6. The van der Waals surface area contributed by atoms with E-state index in [0.717, 1.165) is 25.7 Å². The third kappa shape index (κ3) is 6.27. The predicted molar refractivity (Wildman–Crippen MR) is 119 cm³/mol. The van der Waals surface area contributed by atoms with Crippen LogP contribution in [-0.2, 0) is 14.8 Å². The van der Waals surface area contributed by atoms with E-state index in [9.17, 15) is 18.0 Å². The van der Waals surface area contributed by atoms with Gasteiger partial charge in [-0.15, -0.1) is 11.8 Å². The summed E-state index contributed by atoms with van der Waals surface area (Å²) in [4.78, 5) is 25.9. The van der Waals surface area contributed by atoms with Crippen molar-refractivity contribution in [3.8, 4) is 6.07 Å². The van der Waals surface area contributed by atoms with Crippen LogP contribution in [0.1, 0.15) is 32.6 Å². The van der Waals surface area contributed by atoms with Crippen LogP contribution in [0.2, 0.25) is 0 Å². The van der Waals surface area contributed by atoms with Gasteiger partial charge >= 0.3 is 6.03 Å². The Hall–Kier alpha value is -2.45. The zero-order valence-electron chi connectivity index (χ0n) is 17.3. The molecule has 1 saturated carbocycles. The van der Waals surface area contributed by atoms with Gasteiger partial charge in [-0.25, -0.2) is 17.9 Å². The van der Waals surface area contributed by atoms with Crippen LogP contribution in [0.5, 0.6) is 0 Å². The Morgan fingerprint density at radius 2 is 1.87 bits per heavy atom. The van der Waals surface area contributed by atoms with Crippen LogP contribution in [0, 0.1) is 17.2 Å². The van der Waals surface area contributed by atoms with E-state index in [0.29, 0.717) is 23.2 Å². The molecule has 1 saturated heterocycles. The molecule has 1 aromatic carbocycles. The Morgan fingerprint density at radius 3 is 2.52 bits per heavy atom. The molecule has 2 aliphatic rings. The van der Waals surface area contributed by atoms with Crippen molar-refractivity contribution in [2.24, 2.45) is 5.92 Å². The van der Waals surface area contributed by atoms with Gasteiger partial charge in [-0.05, 0) is 55.9 Å². The normalized spacial score (nSPS) is 23.6. The van der Waals surface area contributed by atoms with E-state index >= 15 is 0 Å². The Balaban J connectivity index is 1.50. The van der Waals surface area contributed by atoms with Gasteiger partial charge in [0, 0.05) is 17.5 Å². The van der Waals surface area contributed by atoms with E-state index in [-0.39, 0.29) is 23.4 Å². The maximum Gasteiger partial charge on any atom is 0.328 e. The summed E-state index contributed by atoms with van der Waals surface area (Å²) in [6, 6.07) is 6.77. The number of benzene rings is 1. The first-order chi connectivity index (χ1) is 14.8. The van der Waals surface area contributed by atoms with E-state index in [1.807, 2.05) is 0 Å². The fourth-order valence-electron chi connectivity index (χ4n) is 3.63. The number of thioether (sulfide) groups is 1. The van der Waals surface area contributed by atoms with Crippen molar-refractivity contribution in [3.63, 3.8) is 0 Å². The SMILES string of the molecule is CC1CCC(NC(=O)NS(=O)(=O)c2ccc(NCC(=O)N3CSC[C@H]3C#N)cc2)CC1. The molecular weight excluding hydrogens is 438 g/mol. The maximum atomic E-state index is 12.5. The summed E-state index contributed by atoms with van der Waals surface area (Å²) in [7, 11) is -4.00. The molecule has 0 spiro atoms. The standard InChI is InChI=1S/C20H27N5O4S2/c1-14-2-4-16(5-3-14)23-20(27)24-31(28,29)18-8-6-15(7-9-18)22-11-19(26)25-13-30-12-17(25)10-21/h6-9,14,16-17,22H,2-5,11-13H2,1H3,(H2,23,24,27)/t14?,16?,17-/m1/s1. The highest BCUT2D eigenvalue weighted by atomic mass is 32.2. The summed E-state index contributed by atoms with van der Waals surface area (Å²) in [6.45, 7) is 2.18. The van der Waals surface area contributed by atoms with Gasteiger partial charge in [-0.1, -0.05) is 6.92 Å². The second-order valence-electron chi connectivity index (χ2n) is 7.92. The molecule has 11 heteroatoms. The lowest BCUT2D eigenvalue weighted by molar-refractivity contribution is -0.128. The summed E-state index contributed by atoms with van der Waals surface area (Å²) < 4.78 is 27.0. The molecule has 0 aromatic heterocycles. The summed E-state index contributed by atoms with van der Waals surface area (Å²) in [5.74, 6) is 1.54. The van der Waals surface area contributed by atoms with Gasteiger partial charge in [0.1, 0.15) is 6.04 Å². The minimum Gasteiger partial charge on any atom is -0.376 e. The molecule has 3 rings (SSSR count). The Bertz CT molecular complexity index is 937. The first-order valence-electron chi connectivity index (χ1n) is 10.2. The van der Waals surface area contributed by atoms with E-state index < -0.39 is 22.1 Å². The molecule has 1 atom stereocenters. The van der Waals surface area contributed by atoms with Crippen LogP contribution >= 0.6 is 11.8 Å². The van der Waals surface area contributed by atoms with Crippen LogP contribution in [-0.4, -0.2) is 55.5 Å². The molecule has 31 heavy (non-hydrogen) atoms. The quantitative estimate of drug-likeness (QED) is 0.586. The zero-order valence-corrected chi connectivity index (χ0v) is 19.0. The van der Waals surface area contributed by atoms with Crippen LogP contribution in [0.3, 0.4) is 0 Å². The number of amides is 3. The number of hydrogen-bond donors (Lipinski definition) is 3. The Kier molecular flexibility index (Phi) is 7.67. The van der Waals surface area contributed by atoms with Gasteiger partial charge in [-0.3, -0.25) is 4.79 Å². The van der Waals surface area contributed by atoms with E-state index in [1.54, 1.807) is 0 Å². The monoisotopic (exact) mass is 465 g/mol. The van der Waals surface area contributed by atoms with Gasteiger partial charge in [0.2, 0.25) is 5.91 Å². The summed E-state index contributed by atoms with van der Waals surface area (Å²) in [5.41, 5.74) is 0.563. The second-order valence-corrected chi connectivity index (χ2v) is 10.6. The van der Waals surface area contributed by atoms with Gasteiger partial charge in [-0.2, -0.15) is 5.26 Å². The lowest BCUT2D eigenvalue weighted by Gasteiger charge is -2.26. The molecule has 1 aliphatic heterocycles. The second kappa shape index (κ2) is 10.2. The highest BCUT2D eigenvalue weighted by molar-refractivity contribution is 7.99. The molecule has 1 aliphatic carbocycles. The third-order valence-corrected chi connectivity index (χ3v) is 7.90. The first-order valence-corrected chi connectivity index (χ1v) is 12.9. The highest BCUT2D eigenvalue weighted by Gasteiger charge is 2.28. The predicted octanol–water partition coefficient (Wildman–Crippen LogP) is 2.09. The number of nitriles is 1. The minimum atomic E-state index is -4.00. The average molecular weight is 466 g/mol. The van der Waals surface area contributed by atoms with Crippen LogP contribution in [0.25, 0.3) is 0 Å². The van der Waals surface area contributed by atoms with Crippen molar-refractivity contribution in [2.75, 3.05) is 23.5 Å². The third-order valence-electron chi connectivity index (χ3n) is 5.54. The van der Waals surface area contributed by atoms with Crippen LogP contribution in [0.15, 0.2) is 29.2 Å². The lowest BCUT2D eigenvalue weighted by Crippen LogP contribution is -2.45. The van der Waals surface area contributed by atoms with E-state index in [1.165, 1.54) is 40.9 Å². The number of nitrogens with zero attached hydrogens (tertiary/aromatic N) is 2. The van der Waals surface area contributed by atoms with E-state index in [2.05, 4.69) is 28.3 Å². The molecule has 3 amide bonds. The molecule has 9 nitrogen and oxygen atoms in total. The number of carbonyl (C=O) groups excluding carboxylic acids is 2. The molecule has 0 radical (unpaired) electrons. The first kappa shape index (κ1) is 23.2.